The summed E-state index contributed by atoms with van der Waals surface area (Å²) >= 11 is 0. The van der Waals surface area contributed by atoms with Crippen LogP contribution in [0.1, 0.15) is 36.0 Å². The number of hydrogen-bond acceptors (Lipinski definition) is 5. The normalized spacial score (nSPS) is 13.9. The second kappa shape index (κ2) is 10.7. The van der Waals surface area contributed by atoms with E-state index in [2.05, 4.69) is 10.1 Å². The molecule has 0 aromatic heterocycles. The van der Waals surface area contributed by atoms with Gasteiger partial charge in [-0.15, -0.1) is 0 Å². The zero-order valence-electron chi connectivity index (χ0n) is 16.7. The Kier molecular flexibility index (Phi) is 7.70. The van der Waals surface area contributed by atoms with Gasteiger partial charge in [-0.05, 0) is 56.0 Å². The highest BCUT2D eigenvalue weighted by atomic mass is 19.3. The van der Waals surface area contributed by atoms with Crippen LogP contribution >= 0.6 is 0 Å². The Labute approximate surface area is 174 Å². The molecule has 2 aromatic rings. The van der Waals surface area contributed by atoms with Crippen LogP contribution in [-0.2, 0) is 0 Å². The lowest BCUT2D eigenvalue weighted by Crippen LogP contribution is -2.28. The van der Waals surface area contributed by atoms with Gasteiger partial charge in [0.1, 0.15) is 6.61 Å². The van der Waals surface area contributed by atoms with Crippen LogP contribution in [0.4, 0.5) is 8.78 Å². The predicted molar refractivity (Wildman–Crippen MR) is 107 cm³/mol. The minimum atomic E-state index is -2.97. The van der Waals surface area contributed by atoms with E-state index in [9.17, 15) is 13.6 Å². The maximum Gasteiger partial charge on any atom is 0.387 e. The molecule has 30 heavy (non-hydrogen) atoms. The summed E-state index contributed by atoms with van der Waals surface area (Å²) in [6.07, 6.45) is 3.71. The van der Waals surface area contributed by atoms with Gasteiger partial charge in [-0.25, -0.2) is 0 Å². The van der Waals surface area contributed by atoms with Crippen molar-refractivity contribution >= 4 is 5.91 Å². The number of ether oxygens (including phenoxy) is 4. The van der Waals surface area contributed by atoms with E-state index < -0.39 is 6.61 Å². The number of nitrogens with one attached hydrogen (secondary N) is 1. The van der Waals surface area contributed by atoms with Crippen molar-refractivity contribution in [3.05, 3.63) is 48.0 Å². The van der Waals surface area contributed by atoms with E-state index in [1.165, 1.54) is 18.2 Å². The fourth-order valence-electron chi connectivity index (χ4n) is 3.29. The van der Waals surface area contributed by atoms with Crippen molar-refractivity contribution in [2.24, 2.45) is 0 Å². The summed E-state index contributed by atoms with van der Waals surface area (Å²) in [4.78, 5) is 12.5. The molecule has 0 spiro atoms. The topological polar surface area (TPSA) is 66.0 Å². The highest BCUT2D eigenvalue weighted by molar-refractivity contribution is 5.94. The van der Waals surface area contributed by atoms with Crippen molar-refractivity contribution in [2.45, 2.75) is 38.4 Å². The van der Waals surface area contributed by atoms with Crippen molar-refractivity contribution in [3.63, 3.8) is 0 Å². The Morgan fingerprint density at radius 1 is 1.07 bits per heavy atom. The van der Waals surface area contributed by atoms with Gasteiger partial charge >= 0.3 is 6.61 Å². The number of methoxy groups -OCH3 is 1. The third-order valence-corrected chi connectivity index (χ3v) is 4.73. The van der Waals surface area contributed by atoms with Gasteiger partial charge in [-0.3, -0.25) is 4.79 Å². The lowest BCUT2D eigenvalue weighted by Gasteiger charge is -2.17. The van der Waals surface area contributed by atoms with E-state index in [4.69, 9.17) is 14.2 Å². The second-order valence-electron chi connectivity index (χ2n) is 6.82. The molecule has 0 heterocycles. The van der Waals surface area contributed by atoms with Crippen LogP contribution < -0.4 is 24.3 Å². The number of carbonyl (C=O) groups excluding carboxylic acids is 1. The van der Waals surface area contributed by atoms with Crippen LogP contribution in [-0.4, -0.2) is 38.9 Å². The van der Waals surface area contributed by atoms with Gasteiger partial charge in [-0.2, -0.15) is 8.78 Å². The average Bonchev–Trinajstić information content (AvgIpc) is 3.25. The molecule has 1 N–H and O–H groups in total. The molecule has 2 aromatic carbocycles. The van der Waals surface area contributed by atoms with Crippen molar-refractivity contribution in [2.75, 3.05) is 20.3 Å². The predicted octanol–water partition coefficient (Wildman–Crippen LogP) is 4.43. The van der Waals surface area contributed by atoms with E-state index in [1.54, 1.807) is 19.2 Å². The minimum Gasteiger partial charge on any atom is -0.493 e. The number of para-hydroxylation sites is 2. The average molecular weight is 421 g/mol. The van der Waals surface area contributed by atoms with Crippen molar-refractivity contribution in [1.82, 2.24) is 5.32 Å². The fourth-order valence-corrected chi connectivity index (χ4v) is 3.29. The van der Waals surface area contributed by atoms with Crippen LogP contribution in [0.3, 0.4) is 0 Å². The van der Waals surface area contributed by atoms with E-state index in [-0.39, 0.29) is 36.7 Å². The number of rotatable bonds is 10. The van der Waals surface area contributed by atoms with Gasteiger partial charge < -0.3 is 24.3 Å². The number of amides is 1. The molecule has 6 nitrogen and oxygen atoms in total. The Balaban J connectivity index is 1.58. The van der Waals surface area contributed by atoms with Crippen LogP contribution in [0.5, 0.6) is 23.0 Å². The van der Waals surface area contributed by atoms with E-state index in [0.717, 1.165) is 25.7 Å². The first-order chi connectivity index (χ1) is 14.6. The highest BCUT2D eigenvalue weighted by Gasteiger charge is 2.21. The van der Waals surface area contributed by atoms with Crippen LogP contribution in [0.15, 0.2) is 42.5 Å². The smallest absolute Gasteiger partial charge is 0.387 e. The quantitative estimate of drug-likeness (QED) is 0.575. The summed E-state index contributed by atoms with van der Waals surface area (Å²) in [7, 11) is 1.55. The maximum absolute atomic E-state index is 12.7. The molecule has 0 unspecified atom stereocenters. The van der Waals surface area contributed by atoms with Gasteiger partial charge in [0.2, 0.25) is 0 Å². The number of benzene rings is 2. The zero-order valence-corrected chi connectivity index (χ0v) is 16.7. The van der Waals surface area contributed by atoms with Gasteiger partial charge in [-0.1, -0.05) is 12.1 Å². The highest BCUT2D eigenvalue weighted by Crippen LogP contribution is 2.33. The molecule has 0 bridgehead atoms. The zero-order chi connectivity index (χ0) is 21.3. The van der Waals surface area contributed by atoms with Crippen molar-refractivity contribution in [3.8, 4) is 23.0 Å². The number of halogens is 2. The third-order valence-electron chi connectivity index (χ3n) is 4.73. The molecule has 162 valence electrons. The number of carbonyl (C=O) groups is 1. The van der Waals surface area contributed by atoms with Crippen LogP contribution in [0.25, 0.3) is 0 Å². The number of alkyl halides is 2. The summed E-state index contributed by atoms with van der Waals surface area (Å²) in [5, 5.41) is 2.74. The monoisotopic (exact) mass is 421 g/mol. The Hall–Kier alpha value is -3.03. The molecule has 3 rings (SSSR count). The molecule has 1 aliphatic carbocycles. The Bertz CT molecular complexity index is 840. The molecule has 0 aliphatic heterocycles. The minimum absolute atomic E-state index is 0.0578. The molecule has 1 aliphatic rings. The summed E-state index contributed by atoms with van der Waals surface area (Å²) in [5.74, 6) is 0.897. The summed E-state index contributed by atoms with van der Waals surface area (Å²) in [6, 6.07) is 11.4. The maximum atomic E-state index is 12.7. The van der Waals surface area contributed by atoms with Gasteiger partial charge in [0.15, 0.2) is 23.0 Å². The van der Waals surface area contributed by atoms with E-state index in [0.29, 0.717) is 17.1 Å². The SMILES string of the molecule is COc1ccccc1OCCNC(=O)c1ccc(OC(F)F)c(OC2CCCC2)c1. The Morgan fingerprint density at radius 3 is 2.50 bits per heavy atom. The molecular weight excluding hydrogens is 396 g/mol. The fraction of sp³-hybridized carbons (Fsp3) is 0.409. The Morgan fingerprint density at radius 2 is 1.80 bits per heavy atom. The van der Waals surface area contributed by atoms with Crippen molar-refractivity contribution in [1.29, 1.82) is 0 Å². The molecular formula is C22H25F2NO5. The number of hydrogen-bond donors (Lipinski definition) is 1. The van der Waals surface area contributed by atoms with E-state index >= 15 is 0 Å². The molecule has 1 amide bonds. The largest absolute Gasteiger partial charge is 0.493 e. The summed E-state index contributed by atoms with van der Waals surface area (Å²) in [5.41, 5.74) is 0.293. The van der Waals surface area contributed by atoms with Gasteiger partial charge in [0.05, 0.1) is 19.8 Å². The summed E-state index contributed by atoms with van der Waals surface area (Å²) in [6.45, 7) is -2.47. The molecule has 0 radical (unpaired) electrons. The second-order valence-corrected chi connectivity index (χ2v) is 6.82. The summed E-state index contributed by atoms with van der Waals surface area (Å²) < 4.78 is 46.6. The lowest BCUT2D eigenvalue weighted by atomic mass is 10.2. The molecule has 1 fully saturated rings. The van der Waals surface area contributed by atoms with Crippen LogP contribution in [0, 0.1) is 0 Å². The first-order valence-electron chi connectivity index (χ1n) is 9.86. The molecule has 0 saturated heterocycles. The molecule has 0 atom stereocenters. The third kappa shape index (κ3) is 5.98. The molecule has 8 heteroatoms. The van der Waals surface area contributed by atoms with Gasteiger partial charge in [0.25, 0.3) is 5.91 Å². The molecule has 1 saturated carbocycles. The van der Waals surface area contributed by atoms with Gasteiger partial charge in [0, 0.05) is 5.56 Å². The first-order valence-corrected chi connectivity index (χ1v) is 9.86. The standard InChI is InChI=1S/C22H25F2NO5/c1-27-17-8-4-5-9-18(17)28-13-12-25-21(26)15-10-11-19(30-22(23)24)20(14-15)29-16-6-2-3-7-16/h4-5,8-11,14,16,22H,2-3,6-7,12-13H2,1H3,(H,25,26). The lowest BCUT2D eigenvalue weighted by molar-refractivity contribution is -0.0520. The first kappa shape index (κ1) is 21.7. The van der Waals surface area contributed by atoms with E-state index in [1.807, 2.05) is 12.1 Å². The van der Waals surface area contributed by atoms with Crippen LogP contribution in [0.2, 0.25) is 0 Å². The van der Waals surface area contributed by atoms with Crippen molar-refractivity contribution < 1.29 is 32.5 Å².